The lowest BCUT2D eigenvalue weighted by Crippen LogP contribution is -2.23. The van der Waals surface area contributed by atoms with Crippen molar-refractivity contribution >= 4 is 29.4 Å². The number of nitrogens with one attached hydrogen (secondary N) is 2. The number of carbonyl (C=O) groups is 1. The van der Waals surface area contributed by atoms with Gasteiger partial charge in [-0.2, -0.15) is 0 Å². The SMILES string of the molecule is O=C(N/C=C/c1ccc(F)cc1)Nc1cccc(Cl)c1. The summed E-state index contributed by atoms with van der Waals surface area (Å²) in [6.45, 7) is 0. The topological polar surface area (TPSA) is 41.1 Å². The summed E-state index contributed by atoms with van der Waals surface area (Å²) in [5, 5.41) is 5.72. The van der Waals surface area contributed by atoms with Crippen LogP contribution in [0.3, 0.4) is 0 Å². The molecule has 0 bridgehead atoms. The quantitative estimate of drug-likeness (QED) is 0.871. The smallest absolute Gasteiger partial charge is 0.314 e. The molecule has 0 spiro atoms. The maximum Gasteiger partial charge on any atom is 0.323 e. The van der Waals surface area contributed by atoms with Gasteiger partial charge in [-0.3, -0.25) is 0 Å². The molecular formula is C15H12ClFN2O. The van der Waals surface area contributed by atoms with Crippen LogP contribution >= 0.6 is 11.6 Å². The number of hydrogen-bond donors (Lipinski definition) is 2. The number of rotatable bonds is 3. The van der Waals surface area contributed by atoms with Crippen molar-refractivity contribution in [1.82, 2.24) is 5.32 Å². The summed E-state index contributed by atoms with van der Waals surface area (Å²) in [7, 11) is 0. The second-order valence-corrected chi connectivity index (χ2v) is 4.43. The first kappa shape index (κ1) is 14.1. The van der Waals surface area contributed by atoms with E-state index >= 15 is 0 Å². The number of urea groups is 1. The van der Waals surface area contributed by atoms with Crippen LogP contribution in [0.5, 0.6) is 0 Å². The van der Waals surface area contributed by atoms with E-state index in [1.165, 1.54) is 18.3 Å². The summed E-state index contributed by atoms with van der Waals surface area (Å²) in [6, 6.07) is 12.4. The minimum Gasteiger partial charge on any atom is -0.314 e. The fraction of sp³-hybridized carbons (Fsp3) is 0. The lowest BCUT2D eigenvalue weighted by molar-refractivity contribution is 0.255. The molecule has 102 valence electrons. The lowest BCUT2D eigenvalue weighted by atomic mass is 10.2. The molecule has 0 saturated heterocycles. The lowest BCUT2D eigenvalue weighted by Gasteiger charge is -2.04. The Morgan fingerprint density at radius 1 is 1.15 bits per heavy atom. The van der Waals surface area contributed by atoms with Gasteiger partial charge in [0.2, 0.25) is 0 Å². The van der Waals surface area contributed by atoms with E-state index in [2.05, 4.69) is 10.6 Å². The summed E-state index contributed by atoms with van der Waals surface area (Å²) < 4.78 is 12.7. The molecule has 0 aliphatic carbocycles. The van der Waals surface area contributed by atoms with Crippen LogP contribution in [-0.2, 0) is 0 Å². The first-order valence-electron chi connectivity index (χ1n) is 5.89. The number of anilines is 1. The maximum atomic E-state index is 12.7. The van der Waals surface area contributed by atoms with Gasteiger partial charge in [-0.1, -0.05) is 29.8 Å². The summed E-state index contributed by atoms with van der Waals surface area (Å²) in [5.74, 6) is -0.297. The molecule has 0 radical (unpaired) electrons. The Morgan fingerprint density at radius 3 is 2.60 bits per heavy atom. The predicted molar refractivity (Wildman–Crippen MR) is 79.0 cm³/mol. The third-order valence-corrected chi connectivity index (χ3v) is 2.68. The van der Waals surface area contributed by atoms with Crippen molar-refractivity contribution in [3.05, 3.63) is 71.1 Å². The molecule has 2 aromatic carbocycles. The van der Waals surface area contributed by atoms with Gasteiger partial charge in [-0.25, -0.2) is 9.18 Å². The minimum absolute atomic E-state index is 0.297. The molecule has 0 unspecified atom stereocenters. The third kappa shape index (κ3) is 4.40. The second kappa shape index (κ2) is 6.73. The Morgan fingerprint density at radius 2 is 1.90 bits per heavy atom. The summed E-state index contributed by atoms with van der Waals surface area (Å²) in [5.41, 5.74) is 1.39. The van der Waals surface area contributed by atoms with Gasteiger partial charge in [0.25, 0.3) is 0 Å². The van der Waals surface area contributed by atoms with Crippen LogP contribution in [0.2, 0.25) is 5.02 Å². The highest BCUT2D eigenvalue weighted by Crippen LogP contribution is 2.14. The molecule has 2 N–H and O–H groups in total. The summed E-state index contributed by atoms with van der Waals surface area (Å²) >= 11 is 5.81. The van der Waals surface area contributed by atoms with E-state index in [4.69, 9.17) is 11.6 Å². The molecular weight excluding hydrogens is 279 g/mol. The summed E-state index contributed by atoms with van der Waals surface area (Å²) in [6.07, 6.45) is 3.14. The fourth-order valence-corrected chi connectivity index (χ4v) is 1.71. The maximum absolute atomic E-state index is 12.7. The largest absolute Gasteiger partial charge is 0.323 e. The monoisotopic (exact) mass is 290 g/mol. The number of amides is 2. The van der Waals surface area contributed by atoms with Crippen molar-refractivity contribution in [1.29, 1.82) is 0 Å². The highest BCUT2D eigenvalue weighted by molar-refractivity contribution is 6.30. The molecule has 3 nitrogen and oxygen atoms in total. The first-order chi connectivity index (χ1) is 9.63. The fourth-order valence-electron chi connectivity index (χ4n) is 1.52. The number of hydrogen-bond acceptors (Lipinski definition) is 1. The van der Waals surface area contributed by atoms with Crippen LogP contribution in [0.25, 0.3) is 6.08 Å². The number of halogens is 2. The zero-order chi connectivity index (χ0) is 14.4. The molecule has 0 aliphatic rings. The average molecular weight is 291 g/mol. The molecule has 0 atom stereocenters. The van der Waals surface area contributed by atoms with Gasteiger partial charge in [0.1, 0.15) is 5.82 Å². The van der Waals surface area contributed by atoms with Gasteiger partial charge in [0.15, 0.2) is 0 Å². The average Bonchev–Trinajstić information content (AvgIpc) is 2.41. The van der Waals surface area contributed by atoms with Gasteiger partial charge in [0.05, 0.1) is 0 Å². The zero-order valence-corrected chi connectivity index (χ0v) is 11.2. The zero-order valence-electron chi connectivity index (χ0n) is 10.4. The minimum atomic E-state index is -0.384. The highest BCUT2D eigenvalue weighted by Gasteiger charge is 1.99. The molecule has 0 heterocycles. The molecule has 0 saturated carbocycles. The van der Waals surface area contributed by atoms with Gasteiger partial charge < -0.3 is 10.6 Å². The van der Waals surface area contributed by atoms with Crippen LogP contribution in [-0.4, -0.2) is 6.03 Å². The highest BCUT2D eigenvalue weighted by atomic mass is 35.5. The molecule has 2 amide bonds. The van der Waals surface area contributed by atoms with Gasteiger partial charge in [-0.05, 0) is 42.0 Å². The molecule has 0 aromatic heterocycles. The number of benzene rings is 2. The Kier molecular flexibility index (Phi) is 4.74. The van der Waals surface area contributed by atoms with Crippen molar-refractivity contribution in [2.75, 3.05) is 5.32 Å². The normalized spacial score (nSPS) is 10.5. The summed E-state index contributed by atoms with van der Waals surface area (Å²) in [4.78, 5) is 11.6. The van der Waals surface area contributed by atoms with E-state index in [1.54, 1.807) is 42.5 Å². The van der Waals surface area contributed by atoms with Crippen LogP contribution < -0.4 is 10.6 Å². The van der Waals surface area contributed by atoms with Crippen molar-refractivity contribution in [2.45, 2.75) is 0 Å². The van der Waals surface area contributed by atoms with Crippen molar-refractivity contribution in [2.24, 2.45) is 0 Å². The standard InChI is InChI=1S/C15H12ClFN2O/c16-12-2-1-3-14(10-12)19-15(20)18-9-8-11-4-6-13(17)7-5-11/h1-10H,(H2,18,19,20)/b9-8+. The van der Waals surface area contributed by atoms with E-state index in [-0.39, 0.29) is 11.8 Å². The molecule has 20 heavy (non-hydrogen) atoms. The molecule has 2 rings (SSSR count). The van der Waals surface area contributed by atoms with Gasteiger partial charge in [0, 0.05) is 16.9 Å². The van der Waals surface area contributed by atoms with Crippen molar-refractivity contribution in [3.8, 4) is 0 Å². The van der Waals surface area contributed by atoms with Crippen LogP contribution in [0.15, 0.2) is 54.7 Å². The van der Waals surface area contributed by atoms with Crippen molar-refractivity contribution < 1.29 is 9.18 Å². The predicted octanol–water partition coefficient (Wildman–Crippen LogP) is 4.27. The Labute approximate surface area is 121 Å². The van der Waals surface area contributed by atoms with E-state index in [0.717, 1.165) is 5.56 Å². The van der Waals surface area contributed by atoms with E-state index in [0.29, 0.717) is 10.7 Å². The Bertz CT molecular complexity index is 626. The van der Waals surface area contributed by atoms with Gasteiger partial charge in [-0.15, -0.1) is 0 Å². The number of carbonyl (C=O) groups excluding carboxylic acids is 1. The van der Waals surface area contributed by atoms with E-state index in [9.17, 15) is 9.18 Å². The first-order valence-corrected chi connectivity index (χ1v) is 6.26. The van der Waals surface area contributed by atoms with E-state index in [1.807, 2.05) is 0 Å². The Balaban J connectivity index is 1.87. The third-order valence-electron chi connectivity index (χ3n) is 2.44. The van der Waals surface area contributed by atoms with Crippen molar-refractivity contribution in [3.63, 3.8) is 0 Å². The Hall–Kier alpha value is -2.33. The van der Waals surface area contributed by atoms with Crippen LogP contribution in [0.1, 0.15) is 5.56 Å². The molecule has 0 aliphatic heterocycles. The van der Waals surface area contributed by atoms with Crippen LogP contribution in [0, 0.1) is 5.82 Å². The van der Waals surface area contributed by atoms with Crippen LogP contribution in [0.4, 0.5) is 14.9 Å². The van der Waals surface area contributed by atoms with Gasteiger partial charge >= 0.3 is 6.03 Å². The molecule has 5 heteroatoms. The second-order valence-electron chi connectivity index (χ2n) is 3.99. The molecule has 0 fully saturated rings. The molecule has 2 aromatic rings. The van der Waals surface area contributed by atoms with E-state index < -0.39 is 0 Å².